The highest BCUT2D eigenvalue weighted by Gasteiger charge is 2.10. The lowest BCUT2D eigenvalue weighted by Crippen LogP contribution is -2.12. The molecule has 20 heavy (non-hydrogen) atoms. The van der Waals surface area contributed by atoms with E-state index in [0.717, 1.165) is 10.0 Å². The van der Waals surface area contributed by atoms with Crippen molar-refractivity contribution in [2.45, 2.75) is 6.92 Å². The average Bonchev–Trinajstić information content (AvgIpc) is 2.42. The van der Waals surface area contributed by atoms with Crippen molar-refractivity contribution in [3.05, 3.63) is 57.8 Å². The van der Waals surface area contributed by atoms with Gasteiger partial charge < -0.3 is 10.6 Å². The summed E-state index contributed by atoms with van der Waals surface area (Å²) in [5.74, 6) is -0.799. The molecule has 2 aromatic rings. The van der Waals surface area contributed by atoms with Crippen LogP contribution >= 0.6 is 15.9 Å². The van der Waals surface area contributed by atoms with Crippen LogP contribution in [0, 0.1) is 12.7 Å². The number of amides is 1. The zero-order valence-electron chi connectivity index (χ0n) is 11.1. The molecule has 2 aromatic carbocycles. The van der Waals surface area contributed by atoms with Crippen LogP contribution in [0.25, 0.3) is 0 Å². The Morgan fingerprint density at radius 3 is 2.55 bits per heavy atom. The van der Waals surface area contributed by atoms with Gasteiger partial charge in [-0.3, -0.25) is 4.79 Å². The van der Waals surface area contributed by atoms with Gasteiger partial charge in [-0.15, -0.1) is 0 Å². The first-order chi connectivity index (χ1) is 9.51. The maximum absolute atomic E-state index is 13.6. The molecular weight excluding hydrogens is 323 g/mol. The van der Waals surface area contributed by atoms with Crippen LogP contribution in [-0.4, -0.2) is 13.0 Å². The molecule has 0 aliphatic heterocycles. The van der Waals surface area contributed by atoms with E-state index in [9.17, 15) is 9.18 Å². The number of anilines is 2. The van der Waals surface area contributed by atoms with Gasteiger partial charge in [0.05, 0.1) is 5.69 Å². The molecule has 0 fully saturated rings. The van der Waals surface area contributed by atoms with Crippen molar-refractivity contribution >= 4 is 33.2 Å². The van der Waals surface area contributed by atoms with Crippen molar-refractivity contribution in [2.24, 2.45) is 0 Å². The molecule has 0 saturated carbocycles. The van der Waals surface area contributed by atoms with Gasteiger partial charge in [-0.1, -0.05) is 22.0 Å². The topological polar surface area (TPSA) is 41.1 Å². The van der Waals surface area contributed by atoms with Crippen molar-refractivity contribution in [1.82, 2.24) is 0 Å². The Morgan fingerprint density at radius 2 is 1.95 bits per heavy atom. The summed E-state index contributed by atoms with van der Waals surface area (Å²) in [6.45, 7) is 1.96. The number of hydrogen-bond donors (Lipinski definition) is 2. The van der Waals surface area contributed by atoms with Crippen LogP contribution < -0.4 is 10.6 Å². The Balaban J connectivity index is 2.19. The molecule has 3 nitrogen and oxygen atoms in total. The SMILES string of the molecule is CNc1ccc(C(=O)Nc2ccc(C)c(Br)c2)cc1F. The molecule has 2 N–H and O–H groups in total. The highest BCUT2D eigenvalue weighted by atomic mass is 79.9. The second-order valence-electron chi connectivity index (χ2n) is 4.36. The summed E-state index contributed by atoms with van der Waals surface area (Å²) >= 11 is 3.40. The predicted octanol–water partition coefficient (Wildman–Crippen LogP) is 4.19. The monoisotopic (exact) mass is 336 g/mol. The molecule has 1 amide bonds. The van der Waals surface area contributed by atoms with Crippen LogP contribution in [0.3, 0.4) is 0 Å². The third-order valence-corrected chi connectivity index (χ3v) is 3.78. The summed E-state index contributed by atoms with van der Waals surface area (Å²) in [6.07, 6.45) is 0. The lowest BCUT2D eigenvalue weighted by atomic mass is 10.1. The lowest BCUT2D eigenvalue weighted by Gasteiger charge is -2.08. The Kier molecular flexibility index (Phi) is 4.39. The van der Waals surface area contributed by atoms with Gasteiger partial charge in [0.1, 0.15) is 5.82 Å². The van der Waals surface area contributed by atoms with Crippen LogP contribution in [0.5, 0.6) is 0 Å². The Bertz CT molecular complexity index is 658. The van der Waals surface area contributed by atoms with Gasteiger partial charge in [-0.25, -0.2) is 4.39 Å². The molecule has 0 aromatic heterocycles. The van der Waals surface area contributed by atoms with Crippen LogP contribution in [0.2, 0.25) is 0 Å². The second kappa shape index (κ2) is 6.05. The Morgan fingerprint density at radius 1 is 1.20 bits per heavy atom. The molecule has 0 radical (unpaired) electrons. The van der Waals surface area contributed by atoms with Crippen molar-refractivity contribution in [3.8, 4) is 0 Å². The summed E-state index contributed by atoms with van der Waals surface area (Å²) in [5.41, 5.74) is 2.37. The van der Waals surface area contributed by atoms with Crippen molar-refractivity contribution in [1.29, 1.82) is 0 Å². The van der Waals surface area contributed by atoms with E-state index in [0.29, 0.717) is 11.4 Å². The van der Waals surface area contributed by atoms with E-state index < -0.39 is 5.82 Å². The molecule has 2 rings (SSSR count). The first kappa shape index (κ1) is 14.5. The number of carbonyl (C=O) groups excluding carboxylic acids is 1. The minimum absolute atomic E-state index is 0.276. The van der Waals surface area contributed by atoms with Gasteiger partial charge in [0.25, 0.3) is 5.91 Å². The quantitative estimate of drug-likeness (QED) is 0.882. The summed E-state index contributed by atoms with van der Waals surface area (Å²) < 4.78 is 14.5. The Hall–Kier alpha value is -1.88. The minimum atomic E-state index is -0.453. The van der Waals surface area contributed by atoms with Crippen LogP contribution in [0.1, 0.15) is 15.9 Å². The molecule has 0 spiro atoms. The molecule has 0 unspecified atom stereocenters. The van der Waals surface area contributed by atoms with E-state index in [4.69, 9.17) is 0 Å². The second-order valence-corrected chi connectivity index (χ2v) is 5.22. The zero-order valence-corrected chi connectivity index (χ0v) is 12.7. The maximum Gasteiger partial charge on any atom is 0.255 e. The fourth-order valence-electron chi connectivity index (χ4n) is 1.73. The first-order valence-corrected chi connectivity index (χ1v) is 6.85. The van der Waals surface area contributed by atoms with Gasteiger partial charge in [0.15, 0.2) is 0 Å². The van der Waals surface area contributed by atoms with Gasteiger partial charge in [-0.2, -0.15) is 0 Å². The van der Waals surface area contributed by atoms with Crippen LogP contribution in [0.15, 0.2) is 40.9 Å². The molecule has 0 aliphatic rings. The predicted molar refractivity (Wildman–Crippen MR) is 82.8 cm³/mol. The number of aryl methyl sites for hydroxylation is 1. The molecule has 0 atom stereocenters. The third kappa shape index (κ3) is 3.17. The van der Waals surface area contributed by atoms with Gasteiger partial charge in [0.2, 0.25) is 0 Å². The lowest BCUT2D eigenvalue weighted by molar-refractivity contribution is 0.102. The highest BCUT2D eigenvalue weighted by molar-refractivity contribution is 9.10. The largest absolute Gasteiger partial charge is 0.386 e. The van der Waals surface area contributed by atoms with Gasteiger partial charge in [0, 0.05) is 22.8 Å². The van der Waals surface area contributed by atoms with Gasteiger partial charge >= 0.3 is 0 Å². The van der Waals surface area contributed by atoms with E-state index in [-0.39, 0.29) is 11.5 Å². The normalized spacial score (nSPS) is 10.2. The summed E-state index contributed by atoms with van der Waals surface area (Å²) in [6, 6.07) is 9.83. The van der Waals surface area contributed by atoms with Crippen molar-refractivity contribution in [3.63, 3.8) is 0 Å². The fourth-order valence-corrected chi connectivity index (χ4v) is 2.11. The molecule has 0 heterocycles. The number of benzene rings is 2. The molecule has 0 bridgehead atoms. The molecule has 5 heteroatoms. The Labute approximate surface area is 125 Å². The van der Waals surface area contributed by atoms with E-state index in [2.05, 4.69) is 26.6 Å². The highest BCUT2D eigenvalue weighted by Crippen LogP contribution is 2.21. The molecular formula is C15H14BrFN2O. The molecule has 104 valence electrons. The maximum atomic E-state index is 13.6. The van der Waals surface area contributed by atoms with Crippen LogP contribution in [0.4, 0.5) is 15.8 Å². The van der Waals surface area contributed by atoms with Crippen molar-refractivity contribution in [2.75, 3.05) is 17.7 Å². The smallest absolute Gasteiger partial charge is 0.255 e. The number of halogens is 2. The number of rotatable bonds is 3. The summed E-state index contributed by atoms with van der Waals surface area (Å²) in [7, 11) is 1.63. The summed E-state index contributed by atoms with van der Waals surface area (Å²) in [4.78, 5) is 12.0. The van der Waals surface area contributed by atoms with Crippen LogP contribution in [-0.2, 0) is 0 Å². The average molecular weight is 337 g/mol. The first-order valence-electron chi connectivity index (χ1n) is 6.06. The number of carbonyl (C=O) groups is 1. The zero-order chi connectivity index (χ0) is 14.7. The third-order valence-electron chi connectivity index (χ3n) is 2.93. The minimum Gasteiger partial charge on any atom is -0.386 e. The van der Waals surface area contributed by atoms with E-state index in [1.807, 2.05) is 19.1 Å². The fraction of sp³-hybridized carbons (Fsp3) is 0.133. The molecule has 0 aliphatic carbocycles. The van der Waals surface area contributed by atoms with E-state index in [1.165, 1.54) is 12.1 Å². The number of hydrogen-bond acceptors (Lipinski definition) is 2. The van der Waals surface area contributed by atoms with Crippen molar-refractivity contribution < 1.29 is 9.18 Å². The van der Waals surface area contributed by atoms with E-state index in [1.54, 1.807) is 19.2 Å². The van der Waals surface area contributed by atoms with E-state index >= 15 is 0 Å². The van der Waals surface area contributed by atoms with Gasteiger partial charge in [-0.05, 0) is 42.8 Å². The molecule has 0 saturated heterocycles. The standard InChI is InChI=1S/C15H14BrFN2O/c1-9-3-5-11(8-12(9)16)19-15(20)10-4-6-14(18-2)13(17)7-10/h3-8,18H,1-2H3,(H,19,20). The number of nitrogens with one attached hydrogen (secondary N) is 2. The summed E-state index contributed by atoms with van der Waals surface area (Å²) in [5, 5.41) is 5.45.